The number of rotatable bonds is 7. The Morgan fingerprint density at radius 3 is 2.24 bits per heavy atom. The monoisotopic (exact) mass is 571 g/mol. The van der Waals surface area contributed by atoms with Gasteiger partial charge in [0.25, 0.3) is 5.91 Å². The molecule has 41 heavy (non-hydrogen) atoms. The molecule has 0 heterocycles. The topological polar surface area (TPSA) is 185 Å². The second-order valence-electron chi connectivity index (χ2n) is 12.8. The molecule has 0 bridgehead atoms. The number of aliphatic hydroxyl groups is 4. The van der Waals surface area contributed by atoms with Gasteiger partial charge in [0, 0.05) is 17.1 Å². The highest BCUT2D eigenvalue weighted by Crippen LogP contribution is 2.57. The van der Waals surface area contributed by atoms with E-state index in [-0.39, 0.29) is 11.3 Å². The van der Waals surface area contributed by atoms with Gasteiger partial charge >= 0.3 is 0 Å². The molecule has 3 aliphatic carbocycles. The van der Waals surface area contributed by atoms with Crippen molar-refractivity contribution in [3.05, 3.63) is 45.7 Å². The molecule has 7 N–H and O–H groups in total. The van der Waals surface area contributed by atoms with Gasteiger partial charge in [-0.3, -0.25) is 19.3 Å². The summed E-state index contributed by atoms with van der Waals surface area (Å²) in [6.07, 6.45) is -0.0447. The molecule has 4 rings (SSSR count). The zero-order valence-electron chi connectivity index (χ0n) is 24.6. The minimum Gasteiger partial charge on any atom is -0.508 e. The number of likely N-dealkylation sites (N-methyl/N-ethyl adjacent to an activating group) is 1. The van der Waals surface area contributed by atoms with E-state index in [2.05, 4.69) is 4.90 Å². The minimum absolute atomic E-state index is 0.0131. The number of nitrogens with two attached hydrogens (primary N) is 1. The third kappa shape index (κ3) is 4.37. The van der Waals surface area contributed by atoms with Crippen LogP contribution < -0.4 is 5.73 Å². The molecule has 0 unspecified atom stereocenters. The third-order valence-corrected chi connectivity index (χ3v) is 9.27. The number of nitrogens with zero attached hydrogens (tertiary/aromatic N) is 2. The van der Waals surface area contributed by atoms with Crippen molar-refractivity contribution >= 4 is 23.2 Å². The Bertz CT molecular complexity index is 1380. The first-order chi connectivity index (χ1) is 18.9. The molecular weight excluding hydrogens is 530 g/mol. The molecule has 11 heteroatoms. The van der Waals surface area contributed by atoms with Crippen molar-refractivity contribution in [3.8, 4) is 5.75 Å². The van der Waals surface area contributed by atoms with Crippen LogP contribution in [0.2, 0.25) is 0 Å². The summed E-state index contributed by atoms with van der Waals surface area (Å²) in [4.78, 5) is 43.0. The maximum Gasteiger partial charge on any atom is 0.255 e. The first-order valence-corrected chi connectivity index (χ1v) is 13.7. The Labute approximate surface area is 239 Å². The van der Waals surface area contributed by atoms with Gasteiger partial charge in [0.15, 0.2) is 11.4 Å². The number of phenolic OH excluding ortho intramolecular Hbond substituents is 1. The zero-order valence-corrected chi connectivity index (χ0v) is 24.6. The number of aromatic hydroxyl groups is 1. The van der Waals surface area contributed by atoms with Gasteiger partial charge in [0.2, 0.25) is 5.78 Å². The van der Waals surface area contributed by atoms with Crippen LogP contribution in [0.15, 0.2) is 29.0 Å². The molecule has 224 valence electrons. The first kappa shape index (κ1) is 30.7. The van der Waals surface area contributed by atoms with Crippen LogP contribution in [0.5, 0.6) is 5.75 Å². The summed E-state index contributed by atoms with van der Waals surface area (Å²) in [6, 6.07) is 2.16. The number of phenols is 1. The van der Waals surface area contributed by atoms with Crippen LogP contribution in [0.3, 0.4) is 0 Å². The largest absolute Gasteiger partial charge is 0.508 e. The second kappa shape index (κ2) is 10.2. The van der Waals surface area contributed by atoms with Gasteiger partial charge in [-0.25, -0.2) is 0 Å². The molecule has 0 spiro atoms. The predicted molar refractivity (Wildman–Crippen MR) is 151 cm³/mol. The first-order valence-electron chi connectivity index (χ1n) is 13.7. The van der Waals surface area contributed by atoms with Crippen LogP contribution in [0.4, 0.5) is 0 Å². The van der Waals surface area contributed by atoms with Crippen LogP contribution in [0.1, 0.15) is 56.2 Å². The van der Waals surface area contributed by atoms with Crippen LogP contribution in [-0.2, 0) is 19.8 Å². The van der Waals surface area contributed by atoms with E-state index in [4.69, 9.17) is 5.73 Å². The molecule has 1 amide bonds. The highest BCUT2D eigenvalue weighted by molar-refractivity contribution is 6.24. The van der Waals surface area contributed by atoms with E-state index in [0.29, 0.717) is 11.1 Å². The van der Waals surface area contributed by atoms with E-state index in [1.54, 1.807) is 19.1 Å². The Kier molecular flexibility index (Phi) is 7.66. The molecule has 0 aliphatic heterocycles. The number of aliphatic hydroxyl groups excluding tert-OH is 3. The minimum atomic E-state index is -2.93. The van der Waals surface area contributed by atoms with Crippen molar-refractivity contribution in [3.63, 3.8) is 0 Å². The van der Waals surface area contributed by atoms with E-state index in [9.17, 15) is 39.9 Å². The summed E-state index contributed by atoms with van der Waals surface area (Å²) in [5.74, 6) is -8.83. The Balaban J connectivity index is 1.94. The summed E-state index contributed by atoms with van der Waals surface area (Å²) >= 11 is 0. The lowest BCUT2D eigenvalue weighted by Crippen LogP contribution is -2.70. The molecule has 0 radical (unpaired) electrons. The average molecular weight is 572 g/mol. The van der Waals surface area contributed by atoms with Crippen molar-refractivity contribution in [2.24, 2.45) is 17.6 Å². The lowest BCUT2D eigenvalue weighted by atomic mass is 9.54. The van der Waals surface area contributed by atoms with E-state index in [0.717, 1.165) is 19.4 Å². The summed E-state index contributed by atoms with van der Waals surface area (Å²) in [7, 11) is 6.90. The van der Waals surface area contributed by atoms with Crippen molar-refractivity contribution in [1.82, 2.24) is 9.80 Å². The molecule has 1 fully saturated rings. The van der Waals surface area contributed by atoms with E-state index < -0.39 is 81.1 Å². The van der Waals surface area contributed by atoms with Crippen LogP contribution in [0, 0.1) is 11.8 Å². The number of amides is 1. The summed E-state index contributed by atoms with van der Waals surface area (Å²) < 4.78 is 0. The highest BCUT2D eigenvalue weighted by Gasteiger charge is 2.68. The summed E-state index contributed by atoms with van der Waals surface area (Å²) in [5.41, 5.74) is 1.67. The molecular formula is C30H41N3O8. The number of hydrogen-bond acceptors (Lipinski definition) is 10. The number of ketones is 2. The Hall–Kier alpha value is -3.25. The van der Waals surface area contributed by atoms with Crippen LogP contribution in [-0.4, -0.2) is 105 Å². The standard InChI is InChI=1S/C30H41N3O8/c1-13-14-9-10-15(29(2,3)11-8-12-32(4)5)22(34)17(14)23(35)18-16(13)24(36)20-21(33(6)7)25(37)19(28(31)40)27(39)30(20,41)26(18)38/h9-10,13,16,20-21,24,34-36,39,41H,8,11-12H2,1-7H3,(H2,31,40)/t13-,16+,20+,21-,24-,30-/m0/s1. The second-order valence-corrected chi connectivity index (χ2v) is 12.8. The van der Waals surface area contributed by atoms with Gasteiger partial charge in [0.05, 0.1) is 23.6 Å². The van der Waals surface area contributed by atoms with Gasteiger partial charge in [-0.1, -0.05) is 32.9 Å². The normalized spacial score (nSPS) is 30.1. The molecule has 3 aliphatic rings. The van der Waals surface area contributed by atoms with Crippen molar-refractivity contribution in [2.75, 3.05) is 34.7 Å². The van der Waals surface area contributed by atoms with Crippen LogP contribution >= 0.6 is 0 Å². The number of carbonyl (C=O) groups is 3. The number of Topliss-reactive ketones (excluding diaryl/α,β-unsaturated/α-hetero) is 2. The van der Waals surface area contributed by atoms with Gasteiger partial charge in [-0.15, -0.1) is 0 Å². The number of fused-ring (bicyclic) bond motifs is 3. The van der Waals surface area contributed by atoms with Gasteiger partial charge in [0.1, 0.15) is 22.8 Å². The number of benzene rings is 1. The fourth-order valence-electron chi connectivity index (χ4n) is 7.13. The quantitative estimate of drug-likeness (QED) is 0.259. The lowest BCUT2D eigenvalue weighted by molar-refractivity contribution is -0.169. The van der Waals surface area contributed by atoms with E-state index in [1.165, 1.54) is 19.0 Å². The fourth-order valence-corrected chi connectivity index (χ4v) is 7.13. The average Bonchev–Trinajstić information content (AvgIpc) is 2.85. The maximum absolute atomic E-state index is 14.1. The Morgan fingerprint density at radius 2 is 1.71 bits per heavy atom. The fraction of sp³-hybridized carbons (Fsp3) is 0.567. The smallest absolute Gasteiger partial charge is 0.255 e. The third-order valence-electron chi connectivity index (χ3n) is 9.27. The zero-order chi connectivity index (χ0) is 30.9. The molecule has 1 aromatic carbocycles. The number of carbonyl (C=O) groups excluding carboxylic acids is 3. The molecule has 1 saturated carbocycles. The molecule has 1 aromatic rings. The lowest BCUT2D eigenvalue weighted by Gasteiger charge is -2.53. The highest BCUT2D eigenvalue weighted by atomic mass is 16.4. The maximum atomic E-state index is 14.1. The summed E-state index contributed by atoms with van der Waals surface area (Å²) in [5, 5.41) is 57.6. The summed E-state index contributed by atoms with van der Waals surface area (Å²) in [6.45, 7) is 6.51. The van der Waals surface area contributed by atoms with E-state index >= 15 is 0 Å². The van der Waals surface area contributed by atoms with Gasteiger partial charge in [-0.2, -0.15) is 0 Å². The van der Waals surface area contributed by atoms with Gasteiger partial charge < -0.3 is 36.2 Å². The van der Waals surface area contributed by atoms with Gasteiger partial charge in [-0.05, 0) is 64.5 Å². The SMILES string of the molecule is C[C@H]1c2ccc(C(C)(C)CCCN(C)C)c(O)c2C(O)=C2C(=O)[C@]3(O)C(O)=C(C(N)=O)C(=O)[C@@H](N(C)C)[C@@H]3[C@@H](O)[C@@H]21. The van der Waals surface area contributed by atoms with Crippen LogP contribution in [0.25, 0.3) is 5.76 Å². The van der Waals surface area contributed by atoms with Crippen molar-refractivity contribution in [2.45, 2.75) is 62.7 Å². The molecule has 6 atom stereocenters. The Morgan fingerprint density at radius 1 is 1.10 bits per heavy atom. The number of hydrogen-bond donors (Lipinski definition) is 6. The molecule has 0 aromatic heterocycles. The molecule has 11 nitrogen and oxygen atoms in total. The molecule has 0 saturated heterocycles. The van der Waals surface area contributed by atoms with E-state index in [1.807, 2.05) is 27.9 Å². The predicted octanol–water partition coefficient (Wildman–Crippen LogP) is 1.12. The van der Waals surface area contributed by atoms with Crippen molar-refractivity contribution in [1.29, 1.82) is 0 Å². The number of primary amides is 1. The van der Waals surface area contributed by atoms with Crippen molar-refractivity contribution < 1.29 is 39.9 Å².